The summed E-state index contributed by atoms with van der Waals surface area (Å²) in [5.41, 5.74) is 8.36. The van der Waals surface area contributed by atoms with E-state index in [0.29, 0.717) is 16.9 Å². The first-order chi connectivity index (χ1) is 11.1. The van der Waals surface area contributed by atoms with Crippen LogP contribution in [0.1, 0.15) is 11.3 Å². The quantitative estimate of drug-likeness (QED) is 0.853. The summed E-state index contributed by atoms with van der Waals surface area (Å²) in [6.07, 6.45) is 0. The minimum atomic E-state index is -0.193. The second kappa shape index (κ2) is 6.01. The first kappa shape index (κ1) is 14.9. The molecule has 0 saturated carbocycles. The number of aromatic amines is 1. The number of nitrogen functional groups attached to an aromatic ring is 1. The lowest BCUT2D eigenvalue weighted by atomic mass is 10.2. The molecule has 0 radical (unpaired) electrons. The summed E-state index contributed by atoms with van der Waals surface area (Å²) >= 11 is 0. The molecule has 0 unspecified atom stereocenters. The third kappa shape index (κ3) is 2.97. The van der Waals surface area contributed by atoms with E-state index in [1.807, 2.05) is 29.2 Å². The van der Waals surface area contributed by atoms with Gasteiger partial charge in [0.25, 0.3) is 5.56 Å². The smallest absolute Gasteiger partial charge is 0.276 e. The van der Waals surface area contributed by atoms with Gasteiger partial charge in [0.15, 0.2) is 0 Å². The largest absolute Gasteiger partial charge is 0.369 e. The van der Waals surface area contributed by atoms with Crippen LogP contribution in [0.25, 0.3) is 0 Å². The molecule has 0 bridgehead atoms. The number of benzene rings is 1. The van der Waals surface area contributed by atoms with Crippen molar-refractivity contribution in [2.75, 3.05) is 41.7 Å². The Kier molecular flexibility index (Phi) is 3.89. The summed E-state index contributed by atoms with van der Waals surface area (Å²) < 4.78 is 0. The van der Waals surface area contributed by atoms with E-state index in [2.05, 4.69) is 20.9 Å². The van der Waals surface area contributed by atoms with E-state index < -0.39 is 0 Å². The standard InChI is InChI=1S/C16H18N6O/c1-11-14(15(23)20-16(18)19-11)22-8-6-21(7-9-22)13-4-2-12(10-17)3-5-13/h2-5H,6-9H2,1H3,(H3,18,19,20,23). The average molecular weight is 310 g/mol. The number of H-pyrrole nitrogens is 1. The Hall–Kier alpha value is -3.01. The van der Waals surface area contributed by atoms with Gasteiger partial charge in [-0.15, -0.1) is 0 Å². The molecule has 7 nitrogen and oxygen atoms in total. The van der Waals surface area contributed by atoms with Crippen LogP contribution >= 0.6 is 0 Å². The summed E-state index contributed by atoms with van der Waals surface area (Å²) in [7, 11) is 0. The van der Waals surface area contributed by atoms with Gasteiger partial charge in [0, 0.05) is 31.9 Å². The lowest BCUT2D eigenvalue weighted by Gasteiger charge is -2.37. The van der Waals surface area contributed by atoms with Crippen molar-refractivity contribution in [1.82, 2.24) is 9.97 Å². The molecule has 0 spiro atoms. The molecule has 118 valence electrons. The number of rotatable bonds is 2. The van der Waals surface area contributed by atoms with Crippen molar-refractivity contribution < 1.29 is 0 Å². The van der Waals surface area contributed by atoms with Gasteiger partial charge in [-0.05, 0) is 31.2 Å². The highest BCUT2D eigenvalue weighted by molar-refractivity contribution is 5.54. The molecular formula is C16H18N6O. The van der Waals surface area contributed by atoms with E-state index in [-0.39, 0.29) is 11.5 Å². The fourth-order valence-electron chi connectivity index (χ4n) is 2.91. The molecule has 0 amide bonds. The average Bonchev–Trinajstić information content (AvgIpc) is 2.55. The highest BCUT2D eigenvalue weighted by atomic mass is 16.1. The monoisotopic (exact) mass is 310 g/mol. The van der Waals surface area contributed by atoms with Crippen LogP contribution in [0.2, 0.25) is 0 Å². The Balaban J connectivity index is 1.73. The molecule has 1 fully saturated rings. The van der Waals surface area contributed by atoms with E-state index in [4.69, 9.17) is 11.0 Å². The lowest BCUT2D eigenvalue weighted by molar-refractivity contribution is 0.648. The third-order valence-electron chi connectivity index (χ3n) is 4.04. The minimum Gasteiger partial charge on any atom is -0.369 e. The maximum Gasteiger partial charge on any atom is 0.276 e. The second-order valence-electron chi connectivity index (χ2n) is 5.52. The van der Waals surface area contributed by atoms with Crippen LogP contribution < -0.4 is 21.1 Å². The van der Waals surface area contributed by atoms with Gasteiger partial charge in [0.2, 0.25) is 5.95 Å². The van der Waals surface area contributed by atoms with Crippen LogP contribution in [0.15, 0.2) is 29.1 Å². The maximum absolute atomic E-state index is 12.1. The van der Waals surface area contributed by atoms with Gasteiger partial charge in [0.1, 0.15) is 5.69 Å². The second-order valence-corrected chi connectivity index (χ2v) is 5.52. The van der Waals surface area contributed by atoms with Crippen LogP contribution in [-0.2, 0) is 0 Å². The van der Waals surface area contributed by atoms with Crippen molar-refractivity contribution in [1.29, 1.82) is 5.26 Å². The Morgan fingerprint density at radius 3 is 2.35 bits per heavy atom. The molecule has 0 aliphatic carbocycles. The molecule has 23 heavy (non-hydrogen) atoms. The normalized spacial score (nSPS) is 14.6. The fourth-order valence-corrected chi connectivity index (χ4v) is 2.91. The van der Waals surface area contributed by atoms with Gasteiger partial charge >= 0.3 is 0 Å². The van der Waals surface area contributed by atoms with Crippen LogP contribution in [0.5, 0.6) is 0 Å². The summed E-state index contributed by atoms with van der Waals surface area (Å²) in [6.45, 7) is 4.86. The molecule has 2 aromatic rings. The number of piperazine rings is 1. The molecular weight excluding hydrogens is 292 g/mol. The van der Waals surface area contributed by atoms with Crippen LogP contribution in [-0.4, -0.2) is 36.1 Å². The Labute approximate surface area is 134 Å². The van der Waals surface area contributed by atoms with E-state index in [1.54, 1.807) is 6.92 Å². The number of hydrogen-bond acceptors (Lipinski definition) is 6. The molecule has 1 aliphatic heterocycles. The molecule has 1 aromatic carbocycles. The summed E-state index contributed by atoms with van der Waals surface area (Å²) in [4.78, 5) is 23.1. The number of nitrogens with two attached hydrogens (primary N) is 1. The van der Waals surface area contributed by atoms with Gasteiger partial charge in [-0.1, -0.05) is 0 Å². The van der Waals surface area contributed by atoms with Gasteiger partial charge < -0.3 is 15.5 Å². The molecule has 3 rings (SSSR count). The number of nitrogens with zero attached hydrogens (tertiary/aromatic N) is 4. The zero-order valence-electron chi connectivity index (χ0n) is 12.9. The number of hydrogen-bond donors (Lipinski definition) is 2. The van der Waals surface area contributed by atoms with Crippen LogP contribution in [0, 0.1) is 18.3 Å². The highest BCUT2D eigenvalue weighted by Gasteiger charge is 2.21. The Bertz CT molecular complexity index is 797. The first-order valence-electron chi connectivity index (χ1n) is 7.45. The predicted octanol–water partition coefficient (Wildman–Crippen LogP) is 0.859. The van der Waals surface area contributed by atoms with Crippen molar-refractivity contribution >= 4 is 17.3 Å². The van der Waals surface area contributed by atoms with Crippen molar-refractivity contribution in [3.63, 3.8) is 0 Å². The summed E-state index contributed by atoms with van der Waals surface area (Å²) in [5, 5.41) is 8.85. The molecule has 7 heteroatoms. The van der Waals surface area contributed by atoms with Crippen molar-refractivity contribution in [2.24, 2.45) is 0 Å². The van der Waals surface area contributed by atoms with Crippen molar-refractivity contribution in [2.45, 2.75) is 6.92 Å². The van der Waals surface area contributed by atoms with E-state index in [0.717, 1.165) is 31.9 Å². The lowest BCUT2D eigenvalue weighted by Crippen LogP contribution is -2.48. The van der Waals surface area contributed by atoms with Gasteiger partial charge in [-0.3, -0.25) is 9.78 Å². The SMILES string of the molecule is Cc1nc(N)[nH]c(=O)c1N1CCN(c2ccc(C#N)cc2)CC1. The summed E-state index contributed by atoms with van der Waals surface area (Å²) in [6, 6.07) is 9.67. The molecule has 1 aliphatic rings. The minimum absolute atomic E-state index is 0.146. The molecule has 2 heterocycles. The van der Waals surface area contributed by atoms with Crippen LogP contribution in [0.4, 0.5) is 17.3 Å². The van der Waals surface area contributed by atoms with Gasteiger partial charge in [-0.2, -0.15) is 5.26 Å². The number of aryl methyl sites for hydroxylation is 1. The van der Waals surface area contributed by atoms with Crippen LogP contribution in [0.3, 0.4) is 0 Å². The predicted molar refractivity (Wildman–Crippen MR) is 89.6 cm³/mol. The zero-order valence-corrected chi connectivity index (χ0v) is 12.9. The van der Waals surface area contributed by atoms with E-state index in [1.165, 1.54) is 0 Å². The van der Waals surface area contributed by atoms with E-state index >= 15 is 0 Å². The van der Waals surface area contributed by atoms with Gasteiger partial charge in [0.05, 0.1) is 17.3 Å². The van der Waals surface area contributed by atoms with E-state index in [9.17, 15) is 4.79 Å². The molecule has 0 atom stereocenters. The van der Waals surface area contributed by atoms with Crippen molar-refractivity contribution in [3.8, 4) is 6.07 Å². The van der Waals surface area contributed by atoms with Crippen molar-refractivity contribution in [3.05, 3.63) is 45.9 Å². The highest BCUT2D eigenvalue weighted by Crippen LogP contribution is 2.20. The summed E-state index contributed by atoms with van der Waals surface area (Å²) in [5.74, 6) is 0.146. The Morgan fingerprint density at radius 2 is 1.78 bits per heavy atom. The number of anilines is 3. The first-order valence-corrected chi connectivity index (χ1v) is 7.45. The molecule has 1 aromatic heterocycles. The zero-order chi connectivity index (χ0) is 16.4. The third-order valence-corrected chi connectivity index (χ3v) is 4.04. The fraction of sp³-hybridized carbons (Fsp3) is 0.312. The number of nitrogens with one attached hydrogen (secondary N) is 1. The molecule has 1 saturated heterocycles. The Morgan fingerprint density at radius 1 is 1.17 bits per heavy atom. The number of nitriles is 1. The molecule has 3 N–H and O–H groups in total. The number of aromatic nitrogens is 2. The topological polar surface area (TPSA) is 102 Å². The van der Waals surface area contributed by atoms with Gasteiger partial charge in [-0.25, -0.2) is 4.98 Å². The maximum atomic E-state index is 12.1.